The van der Waals surface area contributed by atoms with E-state index in [0.29, 0.717) is 0 Å². The van der Waals surface area contributed by atoms with E-state index in [0.717, 1.165) is 0 Å². The van der Waals surface area contributed by atoms with Crippen molar-refractivity contribution in [2.75, 3.05) is 0 Å². The Balaban J connectivity index is 2.98. The second-order valence-electron chi connectivity index (χ2n) is 2.50. The van der Waals surface area contributed by atoms with Crippen LogP contribution in [-0.4, -0.2) is 5.97 Å². The maximum Gasteiger partial charge on any atom is 0.371 e. The Morgan fingerprint density at radius 2 is 1.73 bits per heavy atom. The summed E-state index contributed by atoms with van der Waals surface area (Å²) in [4.78, 5) is 10.8. The SMILES string of the molecule is C=C(F)C(=O)Oc1cc(Cl)c(Cl)c(Cl)c1. The average molecular weight is 269 g/mol. The zero-order valence-corrected chi connectivity index (χ0v) is 9.46. The molecule has 0 saturated carbocycles. The minimum absolute atomic E-state index is 0.00167. The summed E-state index contributed by atoms with van der Waals surface area (Å²) in [7, 11) is 0. The molecule has 0 spiro atoms. The third kappa shape index (κ3) is 3.09. The molecule has 0 aliphatic carbocycles. The van der Waals surface area contributed by atoms with Gasteiger partial charge in [0.2, 0.25) is 5.83 Å². The van der Waals surface area contributed by atoms with Crippen LogP contribution in [0.3, 0.4) is 0 Å². The third-order valence-electron chi connectivity index (χ3n) is 1.39. The molecule has 0 bridgehead atoms. The molecule has 80 valence electrons. The largest absolute Gasteiger partial charge is 0.421 e. The van der Waals surface area contributed by atoms with Gasteiger partial charge in [-0.15, -0.1) is 0 Å². The van der Waals surface area contributed by atoms with Gasteiger partial charge in [0.05, 0.1) is 15.1 Å². The fourth-order valence-electron chi connectivity index (χ4n) is 0.754. The van der Waals surface area contributed by atoms with Crippen molar-refractivity contribution in [1.29, 1.82) is 0 Å². The molecule has 1 aromatic rings. The lowest BCUT2D eigenvalue weighted by Crippen LogP contribution is -2.07. The topological polar surface area (TPSA) is 26.3 Å². The lowest BCUT2D eigenvalue weighted by Gasteiger charge is -2.05. The fourth-order valence-corrected chi connectivity index (χ4v) is 1.33. The predicted molar refractivity (Wildman–Crippen MR) is 57.4 cm³/mol. The van der Waals surface area contributed by atoms with Gasteiger partial charge in [-0.05, 0) is 0 Å². The van der Waals surface area contributed by atoms with E-state index in [-0.39, 0.29) is 20.8 Å². The molecule has 0 amide bonds. The first-order chi connectivity index (χ1) is 6.91. The Labute approximate surface area is 100 Å². The first-order valence-corrected chi connectivity index (χ1v) is 4.76. The first kappa shape index (κ1) is 12.3. The van der Waals surface area contributed by atoms with Gasteiger partial charge in [-0.25, -0.2) is 4.79 Å². The summed E-state index contributed by atoms with van der Waals surface area (Å²) in [6, 6.07) is 2.49. The van der Waals surface area contributed by atoms with Gasteiger partial charge in [0.15, 0.2) is 0 Å². The summed E-state index contributed by atoms with van der Waals surface area (Å²) in [5.74, 6) is -2.42. The first-order valence-electron chi connectivity index (χ1n) is 3.63. The molecule has 0 unspecified atom stereocenters. The maximum atomic E-state index is 12.3. The highest BCUT2D eigenvalue weighted by atomic mass is 35.5. The zero-order valence-electron chi connectivity index (χ0n) is 7.19. The van der Waals surface area contributed by atoms with Crippen LogP contribution < -0.4 is 4.74 Å². The molecule has 0 fully saturated rings. The van der Waals surface area contributed by atoms with E-state index in [9.17, 15) is 9.18 Å². The van der Waals surface area contributed by atoms with Gasteiger partial charge in [-0.3, -0.25) is 0 Å². The molecule has 0 radical (unpaired) electrons. The molecule has 0 aromatic heterocycles. The van der Waals surface area contributed by atoms with E-state index in [2.05, 4.69) is 11.3 Å². The molecule has 15 heavy (non-hydrogen) atoms. The Morgan fingerprint density at radius 1 is 1.27 bits per heavy atom. The zero-order chi connectivity index (χ0) is 11.6. The van der Waals surface area contributed by atoms with Crippen molar-refractivity contribution in [3.8, 4) is 5.75 Å². The number of carbonyl (C=O) groups is 1. The summed E-state index contributed by atoms with van der Waals surface area (Å²) in [5.41, 5.74) is 0. The summed E-state index contributed by atoms with van der Waals surface area (Å²) < 4.78 is 16.9. The van der Waals surface area contributed by atoms with Crippen LogP contribution in [0.1, 0.15) is 0 Å². The van der Waals surface area contributed by atoms with Crippen LogP contribution >= 0.6 is 34.8 Å². The number of ether oxygens (including phenoxy) is 1. The monoisotopic (exact) mass is 268 g/mol. The van der Waals surface area contributed by atoms with Gasteiger partial charge in [0, 0.05) is 12.1 Å². The molecule has 0 heterocycles. The fraction of sp³-hybridized carbons (Fsp3) is 0. The molecular weight excluding hydrogens is 265 g/mol. The second kappa shape index (κ2) is 4.84. The lowest BCUT2D eigenvalue weighted by molar-refractivity contribution is -0.131. The number of carbonyl (C=O) groups excluding carboxylic acids is 1. The molecule has 0 aliphatic heterocycles. The molecule has 6 heteroatoms. The average Bonchev–Trinajstić information content (AvgIpc) is 2.13. The summed E-state index contributed by atoms with van der Waals surface area (Å²) in [6.45, 7) is 2.78. The highest BCUT2D eigenvalue weighted by Gasteiger charge is 2.12. The van der Waals surface area contributed by atoms with Crippen molar-refractivity contribution in [2.45, 2.75) is 0 Å². The highest BCUT2D eigenvalue weighted by molar-refractivity contribution is 6.48. The van der Waals surface area contributed by atoms with Gasteiger partial charge >= 0.3 is 5.97 Å². The Morgan fingerprint density at radius 3 is 2.13 bits per heavy atom. The van der Waals surface area contributed by atoms with Gasteiger partial charge in [0.25, 0.3) is 0 Å². The van der Waals surface area contributed by atoms with E-state index >= 15 is 0 Å². The normalized spacial score (nSPS) is 9.87. The van der Waals surface area contributed by atoms with Crippen LogP contribution in [0, 0.1) is 0 Å². The van der Waals surface area contributed by atoms with Crippen molar-refractivity contribution in [3.05, 3.63) is 39.6 Å². The van der Waals surface area contributed by atoms with E-state index in [1.807, 2.05) is 0 Å². The summed E-state index contributed by atoms with van der Waals surface area (Å²) >= 11 is 17.0. The van der Waals surface area contributed by atoms with Crippen molar-refractivity contribution in [2.24, 2.45) is 0 Å². The number of esters is 1. The van der Waals surface area contributed by atoms with Gasteiger partial charge in [-0.2, -0.15) is 4.39 Å². The van der Waals surface area contributed by atoms with Gasteiger partial charge < -0.3 is 4.74 Å². The summed E-state index contributed by atoms with van der Waals surface area (Å²) in [5, 5.41) is 0.352. The molecule has 0 aliphatic rings. The maximum absolute atomic E-state index is 12.3. The van der Waals surface area contributed by atoms with E-state index in [4.69, 9.17) is 34.8 Å². The third-order valence-corrected chi connectivity index (χ3v) is 2.59. The van der Waals surface area contributed by atoms with Crippen LogP contribution in [0.4, 0.5) is 4.39 Å². The number of hydrogen-bond donors (Lipinski definition) is 0. The summed E-state index contributed by atoms with van der Waals surface area (Å²) in [6.07, 6.45) is 0. The van der Waals surface area contributed by atoms with Gasteiger partial charge in [0.1, 0.15) is 5.75 Å². The lowest BCUT2D eigenvalue weighted by atomic mass is 10.3. The minimum Gasteiger partial charge on any atom is -0.421 e. The number of hydrogen-bond acceptors (Lipinski definition) is 2. The Bertz CT molecular complexity index is 408. The number of benzene rings is 1. The number of rotatable bonds is 2. The smallest absolute Gasteiger partial charge is 0.371 e. The molecule has 1 aromatic carbocycles. The van der Waals surface area contributed by atoms with Crippen molar-refractivity contribution in [1.82, 2.24) is 0 Å². The van der Waals surface area contributed by atoms with E-state index < -0.39 is 11.8 Å². The van der Waals surface area contributed by atoms with Crippen LogP contribution in [0.25, 0.3) is 0 Å². The van der Waals surface area contributed by atoms with Crippen LogP contribution in [-0.2, 0) is 4.79 Å². The molecule has 0 saturated heterocycles. The quantitative estimate of drug-likeness (QED) is 0.350. The Kier molecular flexibility index (Phi) is 3.97. The van der Waals surface area contributed by atoms with Crippen LogP contribution in [0.15, 0.2) is 24.5 Å². The predicted octanol–water partition coefficient (Wildman–Crippen LogP) is 4.04. The standard InChI is InChI=1S/C9H4Cl3FO2/c1-4(13)9(14)15-5-2-6(10)8(12)7(11)3-5/h2-3H,1H2. The number of halogens is 4. The molecule has 2 nitrogen and oxygen atoms in total. The van der Waals surface area contributed by atoms with E-state index in [1.54, 1.807) is 0 Å². The minimum atomic E-state index is -1.21. The Hall–Kier alpha value is -0.770. The molecule has 0 atom stereocenters. The molecule has 0 N–H and O–H groups in total. The van der Waals surface area contributed by atoms with Crippen molar-refractivity contribution < 1.29 is 13.9 Å². The van der Waals surface area contributed by atoms with Crippen molar-refractivity contribution >= 4 is 40.8 Å². The van der Waals surface area contributed by atoms with E-state index in [1.165, 1.54) is 12.1 Å². The van der Waals surface area contributed by atoms with Crippen molar-refractivity contribution in [3.63, 3.8) is 0 Å². The van der Waals surface area contributed by atoms with Crippen LogP contribution in [0.5, 0.6) is 5.75 Å². The molecule has 1 rings (SSSR count). The molecular formula is C9H4Cl3FO2. The van der Waals surface area contributed by atoms with Crippen LogP contribution in [0.2, 0.25) is 15.1 Å². The second-order valence-corrected chi connectivity index (χ2v) is 3.69. The van der Waals surface area contributed by atoms with Gasteiger partial charge in [-0.1, -0.05) is 41.4 Å². The highest BCUT2D eigenvalue weighted by Crippen LogP contribution is 2.34.